The molecule has 21 heavy (non-hydrogen) atoms. The molecule has 0 spiro atoms. The smallest absolute Gasteiger partial charge is 0.143 e. The normalized spacial score (nSPS) is 11.0. The fourth-order valence-electron chi connectivity index (χ4n) is 2.10. The van der Waals surface area contributed by atoms with Crippen LogP contribution in [-0.2, 0) is 0 Å². The molecule has 2 rings (SSSR count). The summed E-state index contributed by atoms with van der Waals surface area (Å²) in [7, 11) is 1.56. The Morgan fingerprint density at radius 3 is 2.48 bits per heavy atom. The molecule has 0 aliphatic carbocycles. The summed E-state index contributed by atoms with van der Waals surface area (Å²) in [5.74, 6) is 0.307. The van der Waals surface area contributed by atoms with Crippen molar-refractivity contribution in [1.82, 2.24) is 0 Å². The van der Waals surface area contributed by atoms with E-state index in [1.165, 1.54) is 0 Å². The Balaban J connectivity index is 2.20. The first-order chi connectivity index (χ1) is 10.3. The third kappa shape index (κ3) is 3.32. The summed E-state index contributed by atoms with van der Waals surface area (Å²) < 4.78 is 5.26. The molecule has 2 aromatic rings. The van der Waals surface area contributed by atoms with E-state index in [9.17, 15) is 5.26 Å². The van der Waals surface area contributed by atoms with E-state index in [-0.39, 0.29) is 5.92 Å². The molecule has 0 aliphatic rings. The Kier molecular flexibility index (Phi) is 4.79. The second-order valence-electron chi connectivity index (χ2n) is 4.47. The Morgan fingerprint density at radius 1 is 1.10 bits per heavy atom. The lowest BCUT2D eigenvalue weighted by Crippen LogP contribution is -2.12. The average Bonchev–Trinajstić information content (AvgIpc) is 2.56. The van der Waals surface area contributed by atoms with Crippen molar-refractivity contribution in [2.75, 3.05) is 19.0 Å². The number of rotatable bonds is 5. The van der Waals surface area contributed by atoms with E-state index in [0.29, 0.717) is 23.5 Å². The predicted octanol–water partition coefficient (Wildman–Crippen LogP) is 3.29. The summed E-state index contributed by atoms with van der Waals surface area (Å²) in [5, 5.41) is 21.7. The molecule has 4 nitrogen and oxygen atoms in total. The molecule has 4 heteroatoms. The van der Waals surface area contributed by atoms with E-state index in [1.54, 1.807) is 25.3 Å². The minimum Gasteiger partial charge on any atom is -0.495 e. The van der Waals surface area contributed by atoms with Crippen LogP contribution in [0.15, 0.2) is 48.5 Å². The molecule has 0 saturated carbocycles. The van der Waals surface area contributed by atoms with Crippen LogP contribution in [0.1, 0.15) is 17.0 Å². The topological polar surface area (TPSA) is 68.8 Å². The van der Waals surface area contributed by atoms with E-state index in [4.69, 9.17) is 10.00 Å². The van der Waals surface area contributed by atoms with E-state index in [0.717, 1.165) is 5.56 Å². The van der Waals surface area contributed by atoms with Gasteiger partial charge in [-0.25, -0.2) is 0 Å². The maximum Gasteiger partial charge on any atom is 0.143 e. The van der Waals surface area contributed by atoms with Gasteiger partial charge in [0.25, 0.3) is 0 Å². The quantitative estimate of drug-likeness (QED) is 0.910. The van der Waals surface area contributed by atoms with Crippen molar-refractivity contribution < 1.29 is 4.74 Å². The standard InChI is InChI=1S/C17H15N3O/c1-21-16-9-5-8-14(10-18)17(16)20-12-15(11-19)13-6-3-2-4-7-13/h2-9,15,20H,12H2,1H3. The lowest BCUT2D eigenvalue weighted by Gasteiger charge is -2.15. The minimum absolute atomic E-state index is 0.289. The Labute approximate surface area is 124 Å². The van der Waals surface area contributed by atoms with Crippen LogP contribution >= 0.6 is 0 Å². The van der Waals surface area contributed by atoms with Gasteiger partial charge in [0.05, 0.1) is 30.3 Å². The zero-order valence-electron chi connectivity index (χ0n) is 11.7. The highest BCUT2D eigenvalue weighted by molar-refractivity contribution is 5.66. The molecule has 0 fully saturated rings. The number of methoxy groups -OCH3 is 1. The van der Waals surface area contributed by atoms with Gasteiger partial charge in [-0.05, 0) is 17.7 Å². The monoisotopic (exact) mass is 277 g/mol. The number of hydrogen-bond donors (Lipinski definition) is 1. The van der Waals surface area contributed by atoms with Gasteiger partial charge in [-0.1, -0.05) is 36.4 Å². The molecule has 0 radical (unpaired) electrons. The fraction of sp³-hybridized carbons (Fsp3) is 0.176. The number of nitrogens with one attached hydrogen (secondary N) is 1. The van der Waals surface area contributed by atoms with Crippen LogP contribution in [0, 0.1) is 22.7 Å². The number of ether oxygens (including phenoxy) is 1. The number of hydrogen-bond acceptors (Lipinski definition) is 4. The number of nitriles is 2. The van der Waals surface area contributed by atoms with Crippen LogP contribution in [-0.4, -0.2) is 13.7 Å². The van der Waals surface area contributed by atoms with Gasteiger partial charge >= 0.3 is 0 Å². The molecule has 0 bridgehead atoms. The van der Waals surface area contributed by atoms with Gasteiger partial charge in [0.2, 0.25) is 0 Å². The largest absolute Gasteiger partial charge is 0.495 e. The molecule has 0 saturated heterocycles. The van der Waals surface area contributed by atoms with Crippen molar-refractivity contribution in [1.29, 1.82) is 10.5 Å². The third-order valence-corrected chi connectivity index (χ3v) is 3.21. The first kappa shape index (κ1) is 14.4. The maximum absolute atomic E-state index is 9.32. The first-order valence-corrected chi connectivity index (χ1v) is 6.55. The summed E-state index contributed by atoms with van der Waals surface area (Å²) >= 11 is 0. The highest BCUT2D eigenvalue weighted by Crippen LogP contribution is 2.28. The van der Waals surface area contributed by atoms with Crippen molar-refractivity contribution in [2.45, 2.75) is 5.92 Å². The molecule has 0 amide bonds. The van der Waals surface area contributed by atoms with Gasteiger partial charge in [-0.3, -0.25) is 0 Å². The number of anilines is 1. The molecule has 0 aliphatic heterocycles. The second kappa shape index (κ2) is 6.98. The van der Waals surface area contributed by atoms with Crippen LogP contribution in [0.3, 0.4) is 0 Å². The Bertz CT molecular complexity index is 683. The van der Waals surface area contributed by atoms with Gasteiger partial charge in [0, 0.05) is 6.54 Å². The Hall–Kier alpha value is -2.98. The fourth-order valence-corrected chi connectivity index (χ4v) is 2.10. The zero-order chi connectivity index (χ0) is 15.1. The van der Waals surface area contributed by atoms with Gasteiger partial charge < -0.3 is 10.1 Å². The molecule has 1 N–H and O–H groups in total. The van der Waals surface area contributed by atoms with E-state index >= 15 is 0 Å². The number of nitrogens with zero attached hydrogens (tertiary/aromatic N) is 2. The molecular weight excluding hydrogens is 262 g/mol. The highest BCUT2D eigenvalue weighted by Gasteiger charge is 2.13. The molecule has 104 valence electrons. The molecule has 0 aromatic heterocycles. The van der Waals surface area contributed by atoms with Gasteiger partial charge in [0.15, 0.2) is 0 Å². The van der Waals surface area contributed by atoms with Gasteiger partial charge in [-0.2, -0.15) is 10.5 Å². The van der Waals surface area contributed by atoms with Gasteiger partial charge in [-0.15, -0.1) is 0 Å². The van der Waals surface area contributed by atoms with E-state index < -0.39 is 0 Å². The molecular formula is C17H15N3O. The predicted molar refractivity (Wildman–Crippen MR) is 81.0 cm³/mol. The summed E-state index contributed by atoms with van der Waals surface area (Å²) in [6.45, 7) is 0.412. The van der Waals surface area contributed by atoms with Crippen LogP contribution in [0.4, 0.5) is 5.69 Å². The number of benzene rings is 2. The van der Waals surface area contributed by atoms with Crippen molar-refractivity contribution in [3.8, 4) is 17.9 Å². The Morgan fingerprint density at radius 2 is 1.86 bits per heavy atom. The van der Waals surface area contributed by atoms with Crippen LogP contribution in [0.5, 0.6) is 5.75 Å². The van der Waals surface area contributed by atoms with Crippen molar-refractivity contribution in [2.24, 2.45) is 0 Å². The summed E-state index contributed by atoms with van der Waals surface area (Å²) in [4.78, 5) is 0. The molecule has 1 unspecified atom stereocenters. The highest BCUT2D eigenvalue weighted by atomic mass is 16.5. The van der Waals surface area contributed by atoms with Crippen molar-refractivity contribution in [3.05, 3.63) is 59.7 Å². The van der Waals surface area contributed by atoms with Crippen LogP contribution in [0.25, 0.3) is 0 Å². The molecule has 1 atom stereocenters. The summed E-state index contributed by atoms with van der Waals surface area (Å²) in [5.41, 5.74) is 2.07. The van der Waals surface area contributed by atoms with Crippen LogP contribution < -0.4 is 10.1 Å². The van der Waals surface area contributed by atoms with E-state index in [2.05, 4.69) is 17.5 Å². The summed E-state index contributed by atoms with van der Waals surface area (Å²) in [6, 6.07) is 19.2. The lowest BCUT2D eigenvalue weighted by molar-refractivity contribution is 0.416. The number of para-hydroxylation sites is 1. The maximum atomic E-state index is 9.32. The van der Waals surface area contributed by atoms with Crippen molar-refractivity contribution >= 4 is 5.69 Å². The second-order valence-corrected chi connectivity index (χ2v) is 4.47. The summed E-state index contributed by atoms with van der Waals surface area (Å²) in [6.07, 6.45) is 0. The van der Waals surface area contributed by atoms with Crippen molar-refractivity contribution in [3.63, 3.8) is 0 Å². The lowest BCUT2D eigenvalue weighted by atomic mass is 10.0. The average molecular weight is 277 g/mol. The first-order valence-electron chi connectivity index (χ1n) is 6.55. The van der Waals surface area contributed by atoms with Gasteiger partial charge in [0.1, 0.15) is 11.8 Å². The molecule has 0 heterocycles. The SMILES string of the molecule is COc1cccc(C#N)c1NCC(C#N)c1ccccc1. The zero-order valence-corrected chi connectivity index (χ0v) is 11.7. The third-order valence-electron chi connectivity index (χ3n) is 3.21. The molecule has 2 aromatic carbocycles. The van der Waals surface area contributed by atoms with Crippen LogP contribution in [0.2, 0.25) is 0 Å². The van der Waals surface area contributed by atoms with E-state index in [1.807, 2.05) is 30.3 Å². The minimum atomic E-state index is -0.289.